The molecule has 2 N–H and O–H groups in total. The van der Waals surface area contributed by atoms with Crippen LogP contribution in [0.1, 0.15) is 32.3 Å². The number of nitrogens with zero attached hydrogens (tertiary/aromatic N) is 2. The summed E-state index contributed by atoms with van der Waals surface area (Å²) in [5.74, 6) is -0.276. The van der Waals surface area contributed by atoms with Gasteiger partial charge in [0.25, 0.3) is 0 Å². The van der Waals surface area contributed by atoms with Crippen molar-refractivity contribution in [1.82, 2.24) is 9.78 Å². The molecule has 5 nitrogen and oxygen atoms in total. The van der Waals surface area contributed by atoms with Gasteiger partial charge in [0.15, 0.2) is 0 Å². The molecule has 1 saturated heterocycles. The number of carbonyl (C=O) groups is 1. The minimum absolute atomic E-state index is 0.276. The minimum Gasteiger partial charge on any atom is -0.375 e. The molecule has 4 rings (SSSR count). The predicted octanol–water partition coefficient (Wildman–Crippen LogP) is 4.55. The molecule has 1 fully saturated rings. The number of primary amides is 1. The summed E-state index contributed by atoms with van der Waals surface area (Å²) in [4.78, 5) is 14.8. The Hall–Kier alpha value is -2.57. The third-order valence-electron chi connectivity index (χ3n) is 5.81. The Morgan fingerprint density at radius 3 is 2.53 bits per heavy atom. The van der Waals surface area contributed by atoms with Crippen LogP contribution in [0.2, 0.25) is 0 Å². The summed E-state index contributed by atoms with van der Waals surface area (Å²) in [6, 6.07) is 18.6. The molecule has 0 saturated carbocycles. The number of amides is 1. The maximum absolute atomic E-state index is 12.6. The molecule has 1 atom stereocenters. The molecule has 1 aliphatic rings. The van der Waals surface area contributed by atoms with E-state index in [-0.39, 0.29) is 11.5 Å². The molecule has 1 aromatic heterocycles. The first-order valence-corrected chi connectivity index (χ1v) is 10.9. The second-order valence-corrected chi connectivity index (χ2v) is 9.62. The lowest BCUT2D eigenvalue weighted by molar-refractivity contribution is -0.136. The fourth-order valence-corrected chi connectivity index (χ4v) is 5.19. The summed E-state index contributed by atoms with van der Waals surface area (Å²) in [6.07, 6.45) is 3.00. The zero-order valence-electron chi connectivity index (χ0n) is 17.6. The molecule has 1 aliphatic heterocycles. The number of aryl methyl sites for hydroxylation is 1. The maximum atomic E-state index is 12.6. The molecular weight excluding hydrogens is 394 g/mol. The summed E-state index contributed by atoms with van der Waals surface area (Å²) in [5.41, 5.74) is 8.04. The van der Waals surface area contributed by atoms with Gasteiger partial charge < -0.3 is 10.5 Å². The molecule has 2 aromatic carbocycles. The maximum Gasteiger partial charge on any atom is 0.228 e. The van der Waals surface area contributed by atoms with Crippen LogP contribution < -0.4 is 5.73 Å². The number of rotatable bonds is 5. The third kappa shape index (κ3) is 4.02. The largest absolute Gasteiger partial charge is 0.375 e. The summed E-state index contributed by atoms with van der Waals surface area (Å²) < 4.78 is 7.71. The average Bonchev–Trinajstić information content (AvgIpc) is 3.14. The van der Waals surface area contributed by atoms with Crippen LogP contribution in [-0.4, -0.2) is 27.9 Å². The number of benzene rings is 2. The van der Waals surface area contributed by atoms with Crippen molar-refractivity contribution in [2.75, 3.05) is 6.61 Å². The molecule has 0 spiro atoms. The van der Waals surface area contributed by atoms with E-state index in [1.807, 2.05) is 43.8 Å². The highest BCUT2D eigenvalue weighted by Crippen LogP contribution is 2.42. The van der Waals surface area contributed by atoms with E-state index in [1.54, 1.807) is 18.0 Å². The van der Waals surface area contributed by atoms with Crippen molar-refractivity contribution in [3.63, 3.8) is 0 Å². The lowest BCUT2D eigenvalue weighted by atomic mass is 9.69. The van der Waals surface area contributed by atoms with Gasteiger partial charge in [0.2, 0.25) is 5.91 Å². The number of hydrogen-bond acceptors (Lipinski definition) is 4. The van der Waals surface area contributed by atoms with E-state index in [1.165, 1.54) is 0 Å². The predicted molar refractivity (Wildman–Crippen MR) is 119 cm³/mol. The van der Waals surface area contributed by atoms with E-state index in [2.05, 4.69) is 41.5 Å². The van der Waals surface area contributed by atoms with Crippen LogP contribution in [0.5, 0.6) is 0 Å². The topological polar surface area (TPSA) is 70.1 Å². The second kappa shape index (κ2) is 7.93. The van der Waals surface area contributed by atoms with Crippen LogP contribution in [-0.2, 0) is 22.0 Å². The van der Waals surface area contributed by atoms with E-state index in [4.69, 9.17) is 10.5 Å². The van der Waals surface area contributed by atoms with Crippen LogP contribution in [0, 0.1) is 0 Å². The molecule has 2 heterocycles. The Kier molecular flexibility index (Phi) is 5.47. The SMILES string of the molecule is Cn1nccc1-c1ccc(Sc2cccc(C3(C(N)=O)CCOC(C)(C)C3)c2)cc1. The van der Waals surface area contributed by atoms with Crippen molar-refractivity contribution in [3.05, 3.63) is 66.4 Å². The number of aromatic nitrogens is 2. The second-order valence-electron chi connectivity index (χ2n) is 8.48. The van der Waals surface area contributed by atoms with Gasteiger partial charge in [-0.2, -0.15) is 5.10 Å². The number of carbonyl (C=O) groups excluding carboxylic acids is 1. The molecule has 1 amide bonds. The first-order chi connectivity index (χ1) is 14.3. The Morgan fingerprint density at radius 1 is 1.13 bits per heavy atom. The van der Waals surface area contributed by atoms with Crippen molar-refractivity contribution in [2.24, 2.45) is 12.8 Å². The highest BCUT2D eigenvalue weighted by Gasteiger charge is 2.46. The van der Waals surface area contributed by atoms with Crippen LogP contribution in [0.3, 0.4) is 0 Å². The van der Waals surface area contributed by atoms with Crippen LogP contribution in [0.25, 0.3) is 11.3 Å². The number of ether oxygens (including phenoxy) is 1. The Balaban J connectivity index is 1.59. The summed E-state index contributed by atoms with van der Waals surface area (Å²) in [5, 5.41) is 4.23. The fraction of sp³-hybridized carbons (Fsp3) is 0.333. The van der Waals surface area contributed by atoms with Gasteiger partial charge in [-0.05, 0) is 68.1 Å². The van der Waals surface area contributed by atoms with Crippen LogP contribution in [0.4, 0.5) is 0 Å². The van der Waals surface area contributed by atoms with E-state index < -0.39 is 5.41 Å². The van der Waals surface area contributed by atoms with Crippen LogP contribution in [0.15, 0.2) is 70.6 Å². The molecule has 30 heavy (non-hydrogen) atoms. The number of nitrogens with two attached hydrogens (primary N) is 1. The van der Waals surface area contributed by atoms with Gasteiger partial charge in [-0.3, -0.25) is 9.48 Å². The molecule has 0 bridgehead atoms. The highest BCUT2D eigenvalue weighted by molar-refractivity contribution is 7.99. The Labute approximate surface area is 181 Å². The lowest BCUT2D eigenvalue weighted by Gasteiger charge is -2.43. The summed E-state index contributed by atoms with van der Waals surface area (Å²) >= 11 is 1.68. The molecule has 3 aromatic rings. The van der Waals surface area contributed by atoms with Gasteiger partial charge in [0, 0.05) is 29.6 Å². The zero-order chi connectivity index (χ0) is 21.4. The van der Waals surface area contributed by atoms with Gasteiger partial charge >= 0.3 is 0 Å². The fourth-order valence-electron chi connectivity index (χ4n) is 4.31. The Morgan fingerprint density at radius 2 is 1.90 bits per heavy atom. The minimum atomic E-state index is -0.693. The van der Waals surface area contributed by atoms with Crippen molar-refractivity contribution in [2.45, 2.75) is 47.5 Å². The monoisotopic (exact) mass is 421 g/mol. The quantitative estimate of drug-likeness (QED) is 0.656. The molecule has 6 heteroatoms. The van der Waals surface area contributed by atoms with Crippen LogP contribution >= 0.6 is 11.8 Å². The molecule has 0 aliphatic carbocycles. The molecule has 0 radical (unpaired) electrons. The molecular formula is C24H27N3O2S. The van der Waals surface area contributed by atoms with Gasteiger partial charge in [0.1, 0.15) is 0 Å². The van der Waals surface area contributed by atoms with Gasteiger partial charge in [-0.1, -0.05) is 36.0 Å². The van der Waals surface area contributed by atoms with Crippen molar-refractivity contribution < 1.29 is 9.53 Å². The zero-order valence-corrected chi connectivity index (χ0v) is 18.4. The van der Waals surface area contributed by atoms with E-state index in [0.717, 1.165) is 26.6 Å². The lowest BCUT2D eigenvalue weighted by Crippen LogP contribution is -2.51. The van der Waals surface area contributed by atoms with Crippen molar-refractivity contribution >= 4 is 17.7 Å². The smallest absolute Gasteiger partial charge is 0.228 e. The van der Waals surface area contributed by atoms with E-state index in [0.29, 0.717) is 19.4 Å². The summed E-state index contributed by atoms with van der Waals surface area (Å²) in [6.45, 7) is 4.57. The van der Waals surface area contributed by atoms with Gasteiger partial charge in [-0.25, -0.2) is 0 Å². The molecule has 156 valence electrons. The van der Waals surface area contributed by atoms with E-state index >= 15 is 0 Å². The van der Waals surface area contributed by atoms with Crippen molar-refractivity contribution in [1.29, 1.82) is 0 Å². The van der Waals surface area contributed by atoms with Gasteiger partial charge in [-0.15, -0.1) is 0 Å². The first-order valence-electron chi connectivity index (χ1n) is 10.1. The number of hydrogen-bond donors (Lipinski definition) is 1. The third-order valence-corrected chi connectivity index (χ3v) is 6.81. The standard InChI is InChI=1S/C24H27N3O2S/c1-23(2)16-24(22(25)28,12-14-29-23)18-5-4-6-20(15-18)30-19-9-7-17(8-10-19)21-11-13-26-27(21)3/h4-11,13,15H,12,14,16H2,1-3H3,(H2,25,28). The van der Waals surface area contributed by atoms with E-state index in [9.17, 15) is 4.79 Å². The normalized spacial score (nSPS) is 20.8. The highest BCUT2D eigenvalue weighted by atomic mass is 32.2. The molecule has 1 unspecified atom stereocenters. The Bertz CT molecular complexity index is 1060. The first kappa shape index (κ1) is 20.7. The summed E-state index contributed by atoms with van der Waals surface area (Å²) in [7, 11) is 1.94. The van der Waals surface area contributed by atoms with Crippen molar-refractivity contribution in [3.8, 4) is 11.3 Å². The average molecular weight is 422 g/mol. The van der Waals surface area contributed by atoms with Gasteiger partial charge in [0.05, 0.1) is 16.7 Å².